The lowest BCUT2D eigenvalue weighted by Gasteiger charge is -2.44. The molecule has 0 amide bonds. The van der Waals surface area contributed by atoms with E-state index in [0.29, 0.717) is 35.5 Å². The van der Waals surface area contributed by atoms with Crippen molar-refractivity contribution in [3.63, 3.8) is 0 Å². The van der Waals surface area contributed by atoms with Gasteiger partial charge in [-0.3, -0.25) is 4.79 Å². The molecule has 1 aliphatic heterocycles. The largest absolute Gasteiger partial charge is 0.462 e. The Bertz CT molecular complexity index is 898. The number of carbonyl (C=O) groups is 1. The first-order chi connectivity index (χ1) is 16.7. The van der Waals surface area contributed by atoms with Crippen LogP contribution in [0.3, 0.4) is 0 Å². The summed E-state index contributed by atoms with van der Waals surface area (Å²) in [6.45, 7) is 14.6. The number of fused-ring (bicyclic) bond motifs is 1. The van der Waals surface area contributed by atoms with Crippen molar-refractivity contribution in [2.45, 2.75) is 111 Å². The van der Waals surface area contributed by atoms with Crippen LogP contribution in [0.2, 0.25) is 0 Å². The summed E-state index contributed by atoms with van der Waals surface area (Å²) in [5.74, 6) is 3.29. The van der Waals surface area contributed by atoms with Crippen molar-refractivity contribution in [1.82, 2.24) is 0 Å². The molecule has 4 heteroatoms. The normalized spacial score (nSPS) is 35.9. The van der Waals surface area contributed by atoms with E-state index < -0.39 is 0 Å². The highest BCUT2D eigenvalue weighted by atomic mass is 16.5. The van der Waals surface area contributed by atoms with Crippen LogP contribution < -0.4 is 0 Å². The summed E-state index contributed by atoms with van der Waals surface area (Å²) in [5.41, 5.74) is 4.82. The molecule has 4 aliphatic rings. The molecule has 0 aromatic rings. The number of carbonyl (C=O) groups excluding carboxylic acids is 1. The molecule has 0 radical (unpaired) electrons. The van der Waals surface area contributed by atoms with Gasteiger partial charge in [0.2, 0.25) is 0 Å². The Morgan fingerprint density at radius 3 is 2.69 bits per heavy atom. The van der Waals surface area contributed by atoms with Crippen molar-refractivity contribution in [3.8, 4) is 0 Å². The maximum Gasteiger partial charge on any atom is 0.305 e. The zero-order valence-corrected chi connectivity index (χ0v) is 23.1. The van der Waals surface area contributed by atoms with E-state index >= 15 is 0 Å². The third-order valence-corrected chi connectivity index (χ3v) is 9.90. The van der Waals surface area contributed by atoms with Crippen molar-refractivity contribution in [2.24, 2.45) is 45.2 Å². The fraction of sp³-hybridized carbons (Fsp3) is 0.774. The fourth-order valence-corrected chi connectivity index (χ4v) is 7.34. The highest BCUT2D eigenvalue weighted by Gasteiger charge is 2.50. The summed E-state index contributed by atoms with van der Waals surface area (Å²) >= 11 is 0. The fourth-order valence-electron chi connectivity index (χ4n) is 7.34. The van der Waals surface area contributed by atoms with Crippen LogP contribution in [0, 0.1) is 35.0 Å². The van der Waals surface area contributed by atoms with Gasteiger partial charge in [0.15, 0.2) is 0 Å². The van der Waals surface area contributed by atoms with E-state index in [1.54, 1.807) is 5.57 Å². The van der Waals surface area contributed by atoms with E-state index in [9.17, 15) is 4.79 Å². The van der Waals surface area contributed by atoms with Crippen LogP contribution in [-0.4, -0.2) is 24.7 Å². The number of hydrogen-bond acceptors (Lipinski definition) is 4. The first kappa shape index (κ1) is 26.4. The Morgan fingerprint density at radius 1 is 1.14 bits per heavy atom. The molecule has 2 fully saturated rings. The summed E-state index contributed by atoms with van der Waals surface area (Å²) in [5, 5.41) is 9.25. The number of esters is 1. The quantitative estimate of drug-likeness (QED) is 0.272. The molecule has 0 aromatic carbocycles. The van der Waals surface area contributed by atoms with Crippen LogP contribution in [0.25, 0.3) is 0 Å². The van der Waals surface area contributed by atoms with Crippen LogP contribution in [0.15, 0.2) is 45.2 Å². The predicted octanol–water partition coefficient (Wildman–Crippen LogP) is 8.25. The van der Waals surface area contributed by atoms with E-state index in [0.717, 1.165) is 31.7 Å². The Kier molecular flexibility index (Phi) is 8.38. The maximum absolute atomic E-state index is 11.9. The summed E-state index contributed by atoms with van der Waals surface area (Å²) < 4.78 is 5.74. The molecule has 4 nitrogen and oxygen atoms in total. The van der Waals surface area contributed by atoms with Crippen molar-refractivity contribution >= 4 is 5.97 Å². The molecule has 2 saturated carbocycles. The predicted molar refractivity (Wildman–Crippen MR) is 143 cm³/mol. The first-order valence-electron chi connectivity index (χ1n) is 14.4. The zero-order chi connectivity index (χ0) is 25.2. The second-order valence-electron chi connectivity index (χ2n) is 12.4. The Balaban J connectivity index is 1.51. The topological polar surface area (TPSA) is 51.0 Å². The Labute approximate surface area is 213 Å². The summed E-state index contributed by atoms with van der Waals surface area (Å²) in [7, 11) is 0. The molecule has 3 unspecified atom stereocenters. The van der Waals surface area contributed by atoms with Crippen LogP contribution in [0.5, 0.6) is 0 Å². The van der Waals surface area contributed by atoms with Gasteiger partial charge < -0.3 is 4.74 Å². The lowest BCUT2D eigenvalue weighted by atomic mass is 9.61. The zero-order valence-electron chi connectivity index (χ0n) is 23.1. The minimum Gasteiger partial charge on any atom is -0.462 e. The molecule has 35 heavy (non-hydrogen) atoms. The van der Waals surface area contributed by atoms with Gasteiger partial charge in [0.1, 0.15) is 12.1 Å². The average Bonchev–Trinajstić information content (AvgIpc) is 3.20. The lowest BCUT2D eigenvalue weighted by molar-refractivity contribution is -0.149. The summed E-state index contributed by atoms with van der Waals surface area (Å²) in [6.07, 6.45) is 17.1. The highest BCUT2D eigenvalue weighted by molar-refractivity contribution is 5.69. The average molecular weight is 481 g/mol. The Hall–Kier alpha value is -1.71. The van der Waals surface area contributed by atoms with Crippen LogP contribution in [0.4, 0.5) is 0 Å². The molecule has 1 heterocycles. The number of allylic oxidation sites excluding steroid dienone is 3. The second-order valence-corrected chi connectivity index (χ2v) is 12.4. The van der Waals surface area contributed by atoms with Crippen molar-refractivity contribution in [3.05, 3.63) is 34.9 Å². The monoisotopic (exact) mass is 480 g/mol. The number of rotatable bonds is 7. The van der Waals surface area contributed by atoms with Gasteiger partial charge in [-0.15, -0.1) is 0 Å². The van der Waals surface area contributed by atoms with Gasteiger partial charge in [-0.1, -0.05) is 65.3 Å². The second kappa shape index (κ2) is 11.1. The van der Waals surface area contributed by atoms with Crippen LogP contribution in [-0.2, 0) is 9.53 Å². The van der Waals surface area contributed by atoms with Gasteiger partial charge in [0.25, 0.3) is 0 Å². The molecule has 3 aliphatic carbocycles. The SMILES string of the molecule is CCC(=O)O[C@H]1CCC2=C(C1)[C@H](/C=C1\CCCC3(C)C1CCC3[C@H](C)/C=C/[C@H](C)C(C)C)N=NC2. The van der Waals surface area contributed by atoms with E-state index in [1.165, 1.54) is 43.3 Å². The lowest BCUT2D eigenvalue weighted by Crippen LogP contribution is -2.36. The maximum atomic E-state index is 11.9. The van der Waals surface area contributed by atoms with Crippen molar-refractivity contribution in [1.29, 1.82) is 0 Å². The van der Waals surface area contributed by atoms with Gasteiger partial charge in [-0.25, -0.2) is 0 Å². The number of hydrogen-bond donors (Lipinski definition) is 0. The molecule has 194 valence electrons. The smallest absolute Gasteiger partial charge is 0.305 e. The van der Waals surface area contributed by atoms with E-state index in [1.807, 2.05) is 6.92 Å². The summed E-state index contributed by atoms with van der Waals surface area (Å²) in [6, 6.07) is 0.0440. The molecule has 0 saturated heterocycles. The first-order valence-corrected chi connectivity index (χ1v) is 14.4. The minimum absolute atomic E-state index is 0.00347. The molecule has 7 atom stereocenters. The highest BCUT2D eigenvalue weighted by Crippen LogP contribution is 2.59. The third kappa shape index (κ3) is 5.67. The molecule has 0 spiro atoms. The molecular formula is C31H48N2O2. The van der Waals surface area contributed by atoms with Crippen LogP contribution in [0.1, 0.15) is 99.3 Å². The van der Waals surface area contributed by atoms with Gasteiger partial charge in [0.05, 0.1) is 6.54 Å². The third-order valence-electron chi connectivity index (χ3n) is 9.90. The molecule has 4 rings (SSSR count). The van der Waals surface area contributed by atoms with Gasteiger partial charge >= 0.3 is 5.97 Å². The number of nitrogens with zero attached hydrogens (tertiary/aromatic N) is 2. The van der Waals surface area contributed by atoms with Gasteiger partial charge in [-0.2, -0.15) is 10.2 Å². The standard InChI is InChI=1S/C31H48N2O2/c1-7-30(34)35-25-13-12-24-19-32-33-29(26(24)18-25)17-23-9-8-16-31(6)27(14-15-28(23)31)22(5)11-10-21(4)20(2)3/h10-11,17,20-22,25,27-29H,7-9,12-16,18-19H2,1-6H3/b11-10+,23-17+/t21-,22+,25-,27?,28?,29-,31?/m0/s1. The molecule has 0 aromatic heterocycles. The number of azo groups is 1. The van der Waals surface area contributed by atoms with Crippen molar-refractivity contribution < 1.29 is 9.53 Å². The number of ether oxygens (including phenoxy) is 1. The van der Waals surface area contributed by atoms with E-state index in [-0.39, 0.29) is 18.1 Å². The molecular weight excluding hydrogens is 432 g/mol. The Morgan fingerprint density at radius 2 is 1.94 bits per heavy atom. The molecule has 0 N–H and O–H groups in total. The van der Waals surface area contributed by atoms with E-state index in [2.05, 4.69) is 58.0 Å². The van der Waals surface area contributed by atoms with E-state index in [4.69, 9.17) is 9.85 Å². The molecule has 0 bridgehead atoms. The van der Waals surface area contributed by atoms with Crippen molar-refractivity contribution in [2.75, 3.05) is 6.54 Å². The summed E-state index contributed by atoms with van der Waals surface area (Å²) in [4.78, 5) is 11.9. The van der Waals surface area contributed by atoms with Gasteiger partial charge in [0, 0.05) is 12.8 Å². The van der Waals surface area contributed by atoms with Gasteiger partial charge in [-0.05, 0) is 91.1 Å². The minimum atomic E-state index is -0.0857. The van der Waals surface area contributed by atoms with Crippen LogP contribution >= 0.6 is 0 Å².